The Labute approximate surface area is 154 Å². The molecule has 0 bridgehead atoms. The predicted molar refractivity (Wildman–Crippen MR) is 93.3 cm³/mol. The highest BCUT2D eigenvalue weighted by Gasteiger charge is 2.28. The molecule has 140 valence electrons. The van der Waals surface area contributed by atoms with Crippen LogP contribution in [0.3, 0.4) is 0 Å². The summed E-state index contributed by atoms with van der Waals surface area (Å²) >= 11 is 0. The van der Waals surface area contributed by atoms with E-state index in [2.05, 4.69) is 19.9 Å². The second-order valence-corrected chi connectivity index (χ2v) is 6.27. The molecule has 1 aromatic carbocycles. The van der Waals surface area contributed by atoms with Crippen molar-refractivity contribution in [3.8, 4) is 0 Å². The van der Waals surface area contributed by atoms with Gasteiger partial charge < -0.3 is 19.4 Å². The number of benzene rings is 1. The number of morpholine rings is 1. The number of halogens is 1. The van der Waals surface area contributed by atoms with Gasteiger partial charge in [0.25, 0.3) is 0 Å². The van der Waals surface area contributed by atoms with Gasteiger partial charge in [0, 0.05) is 6.54 Å². The topological polar surface area (TPSA) is 93.2 Å². The first-order valence-corrected chi connectivity index (χ1v) is 8.54. The van der Waals surface area contributed by atoms with Gasteiger partial charge in [-0.15, -0.1) is 0 Å². The number of hydrogen-bond donors (Lipinski definition) is 1. The van der Waals surface area contributed by atoms with Gasteiger partial charge in [-0.05, 0) is 24.1 Å². The summed E-state index contributed by atoms with van der Waals surface area (Å²) in [4.78, 5) is 29.5. The lowest BCUT2D eigenvalue weighted by molar-refractivity contribution is -0.0330. The molecule has 1 amide bonds. The van der Waals surface area contributed by atoms with Gasteiger partial charge in [0.05, 0.1) is 19.3 Å². The first-order valence-electron chi connectivity index (χ1n) is 8.54. The minimum Gasteiger partial charge on any atom is -0.445 e. The summed E-state index contributed by atoms with van der Waals surface area (Å²) in [5, 5.41) is 0. The number of imidazole rings is 1. The third kappa shape index (κ3) is 3.59. The molecule has 0 aliphatic carbocycles. The van der Waals surface area contributed by atoms with E-state index in [0.717, 1.165) is 0 Å². The zero-order valence-electron chi connectivity index (χ0n) is 14.7. The molecule has 1 N–H and O–H groups in total. The molecule has 1 saturated heterocycles. The number of amides is 1. The molecule has 1 fully saturated rings. The maximum absolute atomic E-state index is 13.6. The highest BCUT2D eigenvalue weighted by atomic mass is 19.1. The predicted octanol–water partition coefficient (Wildman–Crippen LogP) is 2.51. The van der Waals surface area contributed by atoms with E-state index in [4.69, 9.17) is 9.47 Å². The van der Waals surface area contributed by atoms with Crippen molar-refractivity contribution in [2.75, 3.05) is 19.7 Å². The number of carbonyl (C=O) groups is 1. The zero-order chi connectivity index (χ0) is 18.8. The summed E-state index contributed by atoms with van der Waals surface area (Å²) in [6.45, 7) is 2.76. The molecule has 0 spiro atoms. The number of hydrogen-bond acceptors (Lipinski definition) is 6. The second-order valence-electron chi connectivity index (χ2n) is 6.27. The largest absolute Gasteiger partial charge is 0.445 e. The standard InChI is InChI=1S/C18H18FN5O3/c1-11-12(3-2-4-13(11)19)9-27-18(25)24-5-6-26-15(8-24)17-22-14-7-20-10-21-16(14)23-17/h2-4,7,10,15H,5-6,8-9H2,1H3,(H,20,21,22,23). The molecule has 1 atom stereocenters. The molecule has 2 aromatic heterocycles. The number of ether oxygens (including phenoxy) is 2. The number of fused-ring (bicyclic) bond motifs is 1. The van der Waals surface area contributed by atoms with E-state index in [0.29, 0.717) is 47.8 Å². The quantitative estimate of drug-likeness (QED) is 0.760. The van der Waals surface area contributed by atoms with Crippen LogP contribution in [-0.4, -0.2) is 50.6 Å². The molecule has 9 heteroatoms. The van der Waals surface area contributed by atoms with E-state index < -0.39 is 12.2 Å². The number of aromatic amines is 1. The third-order valence-electron chi connectivity index (χ3n) is 4.54. The summed E-state index contributed by atoms with van der Waals surface area (Å²) < 4.78 is 24.7. The van der Waals surface area contributed by atoms with Gasteiger partial charge in [0.2, 0.25) is 0 Å². The molecule has 4 rings (SSSR count). The fraction of sp³-hybridized carbons (Fsp3) is 0.333. The van der Waals surface area contributed by atoms with Crippen LogP contribution in [0.25, 0.3) is 11.2 Å². The fourth-order valence-electron chi connectivity index (χ4n) is 2.95. The lowest BCUT2D eigenvalue weighted by atomic mass is 10.1. The maximum Gasteiger partial charge on any atom is 0.410 e. The fourth-order valence-corrected chi connectivity index (χ4v) is 2.95. The van der Waals surface area contributed by atoms with Gasteiger partial charge in [-0.2, -0.15) is 0 Å². The second kappa shape index (κ2) is 7.28. The summed E-state index contributed by atoms with van der Waals surface area (Å²) in [6, 6.07) is 4.72. The number of nitrogens with zero attached hydrogens (tertiary/aromatic N) is 4. The van der Waals surface area contributed by atoms with Gasteiger partial charge in [0.1, 0.15) is 36.2 Å². The lowest BCUT2D eigenvalue weighted by Crippen LogP contribution is -2.42. The monoisotopic (exact) mass is 371 g/mol. The Morgan fingerprint density at radius 1 is 1.48 bits per heavy atom. The van der Waals surface area contributed by atoms with Crippen molar-refractivity contribution >= 4 is 17.3 Å². The van der Waals surface area contributed by atoms with E-state index >= 15 is 0 Å². The molecule has 1 aliphatic rings. The van der Waals surface area contributed by atoms with Crippen LogP contribution in [0, 0.1) is 12.7 Å². The molecular weight excluding hydrogens is 353 g/mol. The SMILES string of the molecule is Cc1c(F)cccc1COC(=O)N1CCOC(c2nc3ncncc3[nH]2)C1. The summed E-state index contributed by atoms with van der Waals surface area (Å²) in [5.41, 5.74) is 2.37. The molecule has 0 radical (unpaired) electrons. The Morgan fingerprint density at radius 2 is 2.37 bits per heavy atom. The molecule has 0 saturated carbocycles. The first kappa shape index (κ1) is 17.3. The molecule has 27 heavy (non-hydrogen) atoms. The van der Waals surface area contributed by atoms with E-state index in [1.54, 1.807) is 30.2 Å². The Kier molecular flexibility index (Phi) is 4.68. The average Bonchev–Trinajstić information content (AvgIpc) is 3.13. The minimum absolute atomic E-state index is 0.0185. The van der Waals surface area contributed by atoms with Gasteiger partial charge >= 0.3 is 6.09 Å². The molecule has 1 aliphatic heterocycles. The van der Waals surface area contributed by atoms with Crippen LogP contribution in [-0.2, 0) is 16.1 Å². The normalized spacial score (nSPS) is 17.3. The Morgan fingerprint density at radius 3 is 3.22 bits per heavy atom. The van der Waals surface area contributed by atoms with Crippen molar-refractivity contribution in [1.82, 2.24) is 24.8 Å². The van der Waals surface area contributed by atoms with Crippen LogP contribution in [0.15, 0.2) is 30.7 Å². The van der Waals surface area contributed by atoms with E-state index in [9.17, 15) is 9.18 Å². The van der Waals surface area contributed by atoms with Crippen molar-refractivity contribution in [1.29, 1.82) is 0 Å². The van der Waals surface area contributed by atoms with Crippen LogP contribution in [0.5, 0.6) is 0 Å². The van der Waals surface area contributed by atoms with Crippen LogP contribution >= 0.6 is 0 Å². The molecular formula is C18H18FN5O3. The number of H-pyrrole nitrogens is 1. The maximum atomic E-state index is 13.6. The van der Waals surface area contributed by atoms with Crippen molar-refractivity contribution in [3.05, 3.63) is 53.5 Å². The van der Waals surface area contributed by atoms with Crippen molar-refractivity contribution < 1.29 is 18.7 Å². The zero-order valence-corrected chi connectivity index (χ0v) is 14.7. The number of carbonyl (C=O) groups excluding carboxylic acids is 1. The smallest absolute Gasteiger partial charge is 0.410 e. The van der Waals surface area contributed by atoms with Gasteiger partial charge in [-0.25, -0.2) is 24.1 Å². The highest BCUT2D eigenvalue weighted by Crippen LogP contribution is 2.22. The van der Waals surface area contributed by atoms with Crippen LogP contribution in [0.1, 0.15) is 23.1 Å². The molecule has 3 heterocycles. The number of rotatable bonds is 3. The minimum atomic E-state index is -0.470. The average molecular weight is 371 g/mol. The van der Waals surface area contributed by atoms with E-state index in [-0.39, 0.29) is 12.4 Å². The number of nitrogens with one attached hydrogen (secondary N) is 1. The summed E-state index contributed by atoms with van der Waals surface area (Å²) in [7, 11) is 0. The Bertz CT molecular complexity index is 944. The van der Waals surface area contributed by atoms with E-state index in [1.165, 1.54) is 12.4 Å². The third-order valence-corrected chi connectivity index (χ3v) is 4.54. The van der Waals surface area contributed by atoms with Gasteiger partial charge in [-0.3, -0.25) is 0 Å². The molecule has 8 nitrogen and oxygen atoms in total. The molecule has 1 unspecified atom stereocenters. The van der Waals surface area contributed by atoms with Crippen molar-refractivity contribution in [3.63, 3.8) is 0 Å². The van der Waals surface area contributed by atoms with Gasteiger partial charge in [-0.1, -0.05) is 12.1 Å². The van der Waals surface area contributed by atoms with Crippen molar-refractivity contribution in [2.45, 2.75) is 19.6 Å². The van der Waals surface area contributed by atoms with E-state index in [1.807, 2.05) is 0 Å². The number of aromatic nitrogens is 4. The van der Waals surface area contributed by atoms with Gasteiger partial charge in [0.15, 0.2) is 5.65 Å². The first-order chi connectivity index (χ1) is 13.1. The molecule has 3 aromatic rings. The summed E-state index contributed by atoms with van der Waals surface area (Å²) in [5.74, 6) is 0.270. The lowest BCUT2D eigenvalue weighted by Gasteiger charge is -2.31. The van der Waals surface area contributed by atoms with Crippen LogP contribution in [0.4, 0.5) is 9.18 Å². The van der Waals surface area contributed by atoms with Crippen LogP contribution < -0.4 is 0 Å². The van der Waals surface area contributed by atoms with Crippen LogP contribution in [0.2, 0.25) is 0 Å². The summed E-state index contributed by atoms with van der Waals surface area (Å²) in [6.07, 6.45) is 2.18. The Hall–Kier alpha value is -3.07. The highest BCUT2D eigenvalue weighted by molar-refractivity contribution is 5.69. The Balaban J connectivity index is 1.41. The van der Waals surface area contributed by atoms with Crippen molar-refractivity contribution in [2.24, 2.45) is 0 Å².